The summed E-state index contributed by atoms with van der Waals surface area (Å²) in [6, 6.07) is 7.87. The van der Waals surface area contributed by atoms with E-state index < -0.39 is 5.41 Å². The van der Waals surface area contributed by atoms with Crippen molar-refractivity contribution in [3.8, 4) is 0 Å². The van der Waals surface area contributed by atoms with Crippen LogP contribution in [0.2, 0.25) is 0 Å². The van der Waals surface area contributed by atoms with Crippen LogP contribution < -0.4 is 0 Å². The lowest BCUT2D eigenvalue weighted by molar-refractivity contribution is -0.158. The average Bonchev–Trinajstić information content (AvgIpc) is 3.01. The molecule has 1 aromatic heterocycles. The van der Waals surface area contributed by atoms with Gasteiger partial charge in [0.1, 0.15) is 17.3 Å². The average molecular weight is 387 g/mol. The van der Waals surface area contributed by atoms with Crippen molar-refractivity contribution < 1.29 is 23.1 Å². The van der Waals surface area contributed by atoms with Crippen LogP contribution in [-0.2, 0) is 16.0 Å². The van der Waals surface area contributed by atoms with Gasteiger partial charge in [0.05, 0.1) is 17.6 Å². The summed E-state index contributed by atoms with van der Waals surface area (Å²) in [6.07, 6.45) is 1.72. The zero-order chi connectivity index (χ0) is 20.3. The maximum Gasteiger partial charge on any atom is 0.314 e. The second kappa shape index (κ2) is 8.17. The van der Waals surface area contributed by atoms with Crippen molar-refractivity contribution >= 4 is 11.9 Å². The minimum Gasteiger partial charge on any atom is -0.466 e. The number of hydrogen-bond donors (Lipinski definition) is 0. The molecule has 0 radical (unpaired) electrons. The molecule has 2 heterocycles. The minimum absolute atomic E-state index is 0.137. The molecule has 1 unspecified atom stereocenters. The fourth-order valence-electron chi connectivity index (χ4n) is 3.98. The van der Waals surface area contributed by atoms with Gasteiger partial charge < -0.3 is 14.1 Å². The van der Waals surface area contributed by atoms with Gasteiger partial charge in [-0.1, -0.05) is 12.1 Å². The van der Waals surface area contributed by atoms with Crippen molar-refractivity contribution in [2.75, 3.05) is 19.7 Å². The molecule has 1 aliphatic heterocycles. The number of esters is 1. The molecule has 1 fully saturated rings. The second-order valence-corrected chi connectivity index (χ2v) is 7.46. The van der Waals surface area contributed by atoms with E-state index in [1.807, 2.05) is 0 Å². The van der Waals surface area contributed by atoms with Gasteiger partial charge in [0.2, 0.25) is 0 Å². The predicted molar refractivity (Wildman–Crippen MR) is 102 cm³/mol. The van der Waals surface area contributed by atoms with Crippen LogP contribution in [0.25, 0.3) is 0 Å². The maximum atomic E-state index is 13.3. The molecule has 1 amide bonds. The van der Waals surface area contributed by atoms with Crippen LogP contribution in [-0.4, -0.2) is 36.5 Å². The van der Waals surface area contributed by atoms with Crippen molar-refractivity contribution in [3.63, 3.8) is 0 Å². The number of benzene rings is 1. The molecule has 0 spiro atoms. The number of rotatable bonds is 5. The molecule has 0 aliphatic carbocycles. The predicted octanol–water partition coefficient (Wildman–Crippen LogP) is 4.06. The molecule has 0 bridgehead atoms. The summed E-state index contributed by atoms with van der Waals surface area (Å²) in [5, 5.41) is 0. The fourth-order valence-corrected chi connectivity index (χ4v) is 3.98. The summed E-state index contributed by atoms with van der Waals surface area (Å²) in [7, 11) is 0. The van der Waals surface area contributed by atoms with Gasteiger partial charge in [0.15, 0.2) is 0 Å². The molecule has 3 rings (SSSR count). The van der Waals surface area contributed by atoms with E-state index in [0.29, 0.717) is 42.9 Å². The van der Waals surface area contributed by atoms with Crippen LogP contribution in [0, 0.1) is 25.1 Å². The number of amides is 1. The highest BCUT2D eigenvalue weighted by Gasteiger charge is 2.45. The summed E-state index contributed by atoms with van der Waals surface area (Å²) in [4.78, 5) is 27.7. The number of piperidine rings is 1. The Kier molecular flexibility index (Phi) is 5.87. The van der Waals surface area contributed by atoms with E-state index in [0.717, 1.165) is 5.56 Å². The summed E-state index contributed by atoms with van der Waals surface area (Å²) < 4.78 is 24.2. The number of aryl methyl sites for hydroxylation is 2. The number of carbonyl (C=O) groups is 2. The van der Waals surface area contributed by atoms with Gasteiger partial charge in [-0.3, -0.25) is 9.59 Å². The standard InChI is InChI=1S/C22H26FNO4/c1-4-27-21(26)22(13-17-6-8-18(23)9-7-17)10-5-11-24(14-22)20(25)19-12-15(2)28-16(19)3/h6-9,12H,4-5,10-11,13-14H2,1-3H3. The smallest absolute Gasteiger partial charge is 0.314 e. The summed E-state index contributed by atoms with van der Waals surface area (Å²) in [5.41, 5.74) is 0.534. The second-order valence-electron chi connectivity index (χ2n) is 7.46. The van der Waals surface area contributed by atoms with Crippen LogP contribution in [0.5, 0.6) is 0 Å². The number of ether oxygens (including phenoxy) is 1. The summed E-state index contributed by atoms with van der Waals surface area (Å²) in [6.45, 7) is 6.46. The van der Waals surface area contributed by atoms with E-state index in [4.69, 9.17) is 9.15 Å². The Morgan fingerprint density at radius 1 is 1.25 bits per heavy atom. The first kappa shape index (κ1) is 20.1. The van der Waals surface area contributed by atoms with Crippen LogP contribution in [0.4, 0.5) is 4.39 Å². The first-order valence-corrected chi connectivity index (χ1v) is 9.62. The zero-order valence-electron chi connectivity index (χ0n) is 16.6. The van der Waals surface area contributed by atoms with Crippen molar-refractivity contribution in [3.05, 3.63) is 58.8 Å². The third-order valence-corrected chi connectivity index (χ3v) is 5.30. The molecule has 5 nitrogen and oxygen atoms in total. The molecule has 0 N–H and O–H groups in total. The van der Waals surface area contributed by atoms with Crippen molar-refractivity contribution in [1.82, 2.24) is 4.90 Å². The van der Waals surface area contributed by atoms with Crippen LogP contribution in [0.15, 0.2) is 34.7 Å². The van der Waals surface area contributed by atoms with E-state index in [1.165, 1.54) is 12.1 Å². The Morgan fingerprint density at radius 2 is 1.96 bits per heavy atom. The molecule has 1 aliphatic rings. The highest BCUT2D eigenvalue weighted by Crippen LogP contribution is 2.36. The van der Waals surface area contributed by atoms with Gasteiger partial charge >= 0.3 is 5.97 Å². The van der Waals surface area contributed by atoms with Crippen LogP contribution >= 0.6 is 0 Å². The van der Waals surface area contributed by atoms with Crippen molar-refractivity contribution in [2.24, 2.45) is 5.41 Å². The highest BCUT2D eigenvalue weighted by atomic mass is 19.1. The minimum atomic E-state index is -0.839. The summed E-state index contributed by atoms with van der Waals surface area (Å²) >= 11 is 0. The zero-order valence-corrected chi connectivity index (χ0v) is 16.6. The van der Waals surface area contributed by atoms with Crippen LogP contribution in [0.1, 0.15) is 47.2 Å². The Bertz CT molecular complexity index is 858. The third kappa shape index (κ3) is 4.11. The normalized spacial score (nSPS) is 19.5. The highest BCUT2D eigenvalue weighted by molar-refractivity contribution is 5.96. The van der Waals surface area contributed by atoms with Crippen molar-refractivity contribution in [1.29, 1.82) is 0 Å². The lowest BCUT2D eigenvalue weighted by Gasteiger charge is -2.41. The number of furan rings is 1. The van der Waals surface area contributed by atoms with Gasteiger partial charge in [0, 0.05) is 13.1 Å². The molecule has 150 valence electrons. The molecule has 28 heavy (non-hydrogen) atoms. The van der Waals surface area contributed by atoms with Crippen molar-refractivity contribution in [2.45, 2.75) is 40.0 Å². The topological polar surface area (TPSA) is 59.8 Å². The molecule has 2 aromatic rings. The summed E-state index contributed by atoms with van der Waals surface area (Å²) in [5.74, 6) is 0.494. The largest absolute Gasteiger partial charge is 0.466 e. The number of hydrogen-bond acceptors (Lipinski definition) is 4. The number of carbonyl (C=O) groups excluding carboxylic acids is 2. The molecule has 0 saturated carbocycles. The number of likely N-dealkylation sites (tertiary alicyclic amines) is 1. The Hall–Kier alpha value is -2.63. The van der Waals surface area contributed by atoms with Gasteiger partial charge in [-0.25, -0.2) is 4.39 Å². The quantitative estimate of drug-likeness (QED) is 0.726. The van der Waals surface area contributed by atoms with Gasteiger partial charge in [-0.05, 0) is 63.8 Å². The Morgan fingerprint density at radius 3 is 2.57 bits per heavy atom. The van der Waals surface area contributed by atoms with E-state index in [1.54, 1.807) is 43.9 Å². The van der Waals surface area contributed by atoms with E-state index in [2.05, 4.69) is 0 Å². The molecule has 6 heteroatoms. The SMILES string of the molecule is CCOC(=O)C1(Cc2ccc(F)cc2)CCCN(C(=O)c2cc(C)oc2C)C1. The lowest BCUT2D eigenvalue weighted by Crippen LogP contribution is -2.51. The van der Waals surface area contributed by atoms with Gasteiger partial charge in [-0.15, -0.1) is 0 Å². The molecule has 1 atom stereocenters. The maximum absolute atomic E-state index is 13.3. The number of halogens is 1. The van der Waals surface area contributed by atoms with Gasteiger partial charge in [0.25, 0.3) is 5.91 Å². The fraction of sp³-hybridized carbons (Fsp3) is 0.455. The molecular formula is C22H26FNO4. The molecule has 1 saturated heterocycles. The number of nitrogens with zero attached hydrogens (tertiary/aromatic N) is 1. The first-order chi connectivity index (χ1) is 13.3. The molecule has 1 aromatic carbocycles. The van der Waals surface area contributed by atoms with E-state index >= 15 is 0 Å². The molecular weight excluding hydrogens is 361 g/mol. The van der Waals surface area contributed by atoms with Crippen LogP contribution in [0.3, 0.4) is 0 Å². The third-order valence-electron chi connectivity index (χ3n) is 5.30. The van der Waals surface area contributed by atoms with E-state index in [9.17, 15) is 14.0 Å². The first-order valence-electron chi connectivity index (χ1n) is 9.62. The van der Waals surface area contributed by atoms with Gasteiger partial charge in [-0.2, -0.15) is 0 Å². The van der Waals surface area contributed by atoms with E-state index in [-0.39, 0.29) is 30.8 Å². The Balaban J connectivity index is 1.88. The monoisotopic (exact) mass is 387 g/mol. The lowest BCUT2D eigenvalue weighted by atomic mass is 9.75. The Labute approximate surface area is 164 Å².